The van der Waals surface area contributed by atoms with Crippen molar-refractivity contribution in [3.8, 4) is 5.75 Å². The predicted molar refractivity (Wildman–Crippen MR) is 120 cm³/mol. The van der Waals surface area contributed by atoms with Crippen molar-refractivity contribution >= 4 is 29.1 Å². The van der Waals surface area contributed by atoms with Crippen LogP contribution in [0.15, 0.2) is 72.8 Å². The van der Waals surface area contributed by atoms with Crippen LogP contribution in [0, 0.1) is 0 Å². The van der Waals surface area contributed by atoms with Gasteiger partial charge in [-0.2, -0.15) is 0 Å². The van der Waals surface area contributed by atoms with Gasteiger partial charge in [-0.1, -0.05) is 23.7 Å². The molecule has 7 nitrogen and oxygen atoms in total. The summed E-state index contributed by atoms with van der Waals surface area (Å²) in [6, 6.07) is 12.9. The molecule has 2 heterocycles. The standard InChI is InChI=1S/C24H22ClN3O4/c1-32-19-9-5-17(6-10-19)22(29)20-21(16-3-7-18(25)8-4-16)28(24(31)23(20)30)13-2-12-27-14-11-26-15-27/h3-11,14-15,21,29H,2,12-13H2,1H3/b22-20+/t21-/m1/s1. The third-order valence-corrected chi connectivity index (χ3v) is 5.72. The lowest BCUT2D eigenvalue weighted by atomic mass is 9.95. The molecule has 1 fully saturated rings. The molecule has 1 atom stereocenters. The Hall–Kier alpha value is -3.58. The Morgan fingerprint density at radius 3 is 2.44 bits per heavy atom. The molecule has 32 heavy (non-hydrogen) atoms. The molecule has 1 aliphatic heterocycles. The van der Waals surface area contributed by atoms with Crippen LogP contribution in [0.25, 0.3) is 5.76 Å². The highest BCUT2D eigenvalue weighted by molar-refractivity contribution is 6.46. The molecular formula is C24H22ClN3O4. The zero-order chi connectivity index (χ0) is 22.7. The average Bonchev–Trinajstić information content (AvgIpc) is 3.41. The van der Waals surface area contributed by atoms with Crippen LogP contribution in [0.4, 0.5) is 0 Å². The minimum atomic E-state index is -0.711. The number of ketones is 1. The third kappa shape index (κ3) is 4.24. The molecule has 8 heteroatoms. The smallest absolute Gasteiger partial charge is 0.295 e. The highest BCUT2D eigenvalue weighted by Crippen LogP contribution is 2.39. The van der Waals surface area contributed by atoms with Crippen LogP contribution in [-0.4, -0.2) is 44.9 Å². The van der Waals surface area contributed by atoms with Gasteiger partial charge in [0, 0.05) is 36.1 Å². The zero-order valence-corrected chi connectivity index (χ0v) is 18.2. The molecule has 0 saturated carbocycles. The number of aryl methyl sites for hydroxylation is 1. The topological polar surface area (TPSA) is 84.7 Å². The summed E-state index contributed by atoms with van der Waals surface area (Å²) in [5.74, 6) is -0.939. The summed E-state index contributed by atoms with van der Waals surface area (Å²) >= 11 is 6.05. The van der Waals surface area contributed by atoms with Crippen molar-refractivity contribution in [1.82, 2.24) is 14.5 Å². The monoisotopic (exact) mass is 451 g/mol. The molecule has 1 aliphatic rings. The van der Waals surface area contributed by atoms with E-state index in [1.807, 2.05) is 10.8 Å². The predicted octanol–water partition coefficient (Wildman–Crippen LogP) is 4.06. The minimum Gasteiger partial charge on any atom is -0.507 e. The van der Waals surface area contributed by atoms with Crippen LogP contribution in [0.1, 0.15) is 23.6 Å². The number of halogens is 1. The Bertz CT molecular complexity index is 1140. The first-order valence-electron chi connectivity index (χ1n) is 10.1. The van der Waals surface area contributed by atoms with Crippen LogP contribution in [-0.2, 0) is 16.1 Å². The quantitative estimate of drug-likeness (QED) is 0.332. The van der Waals surface area contributed by atoms with Crippen molar-refractivity contribution < 1.29 is 19.4 Å². The number of aromatic nitrogens is 2. The molecule has 2 aromatic carbocycles. The summed E-state index contributed by atoms with van der Waals surface area (Å²) in [6.07, 6.45) is 5.85. The Balaban J connectivity index is 1.71. The van der Waals surface area contributed by atoms with E-state index in [-0.39, 0.29) is 11.3 Å². The van der Waals surface area contributed by atoms with Crippen LogP contribution in [0.5, 0.6) is 5.75 Å². The molecule has 1 saturated heterocycles. The van der Waals surface area contributed by atoms with E-state index in [0.29, 0.717) is 41.4 Å². The molecule has 0 radical (unpaired) electrons. The van der Waals surface area contributed by atoms with E-state index in [2.05, 4.69) is 4.98 Å². The lowest BCUT2D eigenvalue weighted by molar-refractivity contribution is -0.139. The number of aliphatic hydroxyl groups excluding tert-OH is 1. The number of likely N-dealkylation sites (tertiary alicyclic amines) is 1. The van der Waals surface area contributed by atoms with E-state index in [1.54, 1.807) is 68.2 Å². The molecule has 1 N–H and O–H groups in total. The SMILES string of the molecule is COc1ccc(/C(O)=C2\C(=O)C(=O)N(CCCn3ccnc3)[C@@H]2c2ccc(Cl)cc2)cc1. The van der Waals surface area contributed by atoms with Gasteiger partial charge in [-0.15, -0.1) is 0 Å². The minimum absolute atomic E-state index is 0.0603. The zero-order valence-electron chi connectivity index (χ0n) is 17.4. The second-order valence-electron chi connectivity index (χ2n) is 7.43. The van der Waals surface area contributed by atoms with Crippen LogP contribution >= 0.6 is 11.6 Å². The van der Waals surface area contributed by atoms with E-state index >= 15 is 0 Å². The molecule has 1 amide bonds. The number of hydrogen-bond acceptors (Lipinski definition) is 5. The fourth-order valence-corrected chi connectivity index (χ4v) is 3.98. The maximum atomic E-state index is 13.0. The van der Waals surface area contributed by atoms with E-state index in [0.717, 1.165) is 0 Å². The number of hydrogen-bond donors (Lipinski definition) is 1. The van der Waals surface area contributed by atoms with Gasteiger partial charge in [0.05, 0.1) is 25.1 Å². The summed E-state index contributed by atoms with van der Waals surface area (Å²) in [7, 11) is 1.55. The van der Waals surface area contributed by atoms with Gasteiger partial charge < -0.3 is 19.3 Å². The number of imidazole rings is 1. The fraction of sp³-hybridized carbons (Fsp3) is 0.208. The number of Topliss-reactive ketones (excluding diaryl/α,β-unsaturated/α-hetero) is 1. The van der Waals surface area contributed by atoms with Crippen LogP contribution in [0.2, 0.25) is 5.02 Å². The van der Waals surface area contributed by atoms with Gasteiger partial charge >= 0.3 is 0 Å². The molecule has 0 bridgehead atoms. The van der Waals surface area contributed by atoms with Crippen molar-refractivity contribution in [3.63, 3.8) is 0 Å². The number of nitrogens with zero attached hydrogens (tertiary/aromatic N) is 3. The molecular weight excluding hydrogens is 430 g/mol. The average molecular weight is 452 g/mol. The molecule has 0 aliphatic carbocycles. The number of amides is 1. The first kappa shape index (κ1) is 21.6. The normalized spacial score (nSPS) is 17.7. The second-order valence-corrected chi connectivity index (χ2v) is 7.86. The number of ether oxygens (including phenoxy) is 1. The van der Waals surface area contributed by atoms with Gasteiger partial charge in [-0.05, 0) is 48.4 Å². The lowest BCUT2D eigenvalue weighted by Gasteiger charge is -2.25. The Morgan fingerprint density at radius 1 is 1.09 bits per heavy atom. The van der Waals surface area contributed by atoms with Crippen molar-refractivity contribution in [1.29, 1.82) is 0 Å². The molecule has 164 valence electrons. The largest absolute Gasteiger partial charge is 0.507 e. The third-order valence-electron chi connectivity index (χ3n) is 5.46. The summed E-state index contributed by atoms with van der Waals surface area (Å²) in [5, 5.41) is 11.6. The van der Waals surface area contributed by atoms with Crippen molar-refractivity contribution in [2.75, 3.05) is 13.7 Å². The van der Waals surface area contributed by atoms with E-state index in [1.165, 1.54) is 4.90 Å². The summed E-state index contributed by atoms with van der Waals surface area (Å²) in [5.41, 5.74) is 1.19. The number of aliphatic hydroxyl groups is 1. The maximum absolute atomic E-state index is 13.0. The maximum Gasteiger partial charge on any atom is 0.295 e. The molecule has 1 aromatic heterocycles. The van der Waals surface area contributed by atoms with Crippen molar-refractivity contribution in [2.24, 2.45) is 0 Å². The van der Waals surface area contributed by atoms with E-state index in [9.17, 15) is 14.7 Å². The van der Waals surface area contributed by atoms with Gasteiger partial charge in [0.25, 0.3) is 11.7 Å². The van der Waals surface area contributed by atoms with Gasteiger partial charge in [-0.3, -0.25) is 9.59 Å². The molecule has 0 spiro atoms. The van der Waals surface area contributed by atoms with Gasteiger partial charge in [0.1, 0.15) is 11.5 Å². The highest BCUT2D eigenvalue weighted by Gasteiger charge is 2.45. The number of benzene rings is 2. The Kier molecular flexibility index (Phi) is 6.28. The highest BCUT2D eigenvalue weighted by atomic mass is 35.5. The number of carbonyl (C=O) groups is 2. The van der Waals surface area contributed by atoms with E-state index in [4.69, 9.17) is 16.3 Å². The fourth-order valence-electron chi connectivity index (χ4n) is 3.85. The first-order chi connectivity index (χ1) is 15.5. The molecule has 0 unspecified atom stereocenters. The Labute approximate surface area is 190 Å². The van der Waals surface area contributed by atoms with Gasteiger partial charge in [0.2, 0.25) is 0 Å². The number of carbonyl (C=O) groups excluding carboxylic acids is 2. The van der Waals surface area contributed by atoms with Gasteiger partial charge in [-0.25, -0.2) is 4.98 Å². The number of methoxy groups -OCH3 is 1. The summed E-state index contributed by atoms with van der Waals surface area (Å²) in [4.78, 5) is 31.5. The number of rotatable bonds is 7. The van der Waals surface area contributed by atoms with Crippen molar-refractivity contribution in [2.45, 2.75) is 19.0 Å². The van der Waals surface area contributed by atoms with Crippen LogP contribution < -0.4 is 4.74 Å². The summed E-state index contributed by atoms with van der Waals surface area (Å²) < 4.78 is 7.07. The van der Waals surface area contributed by atoms with Crippen LogP contribution in [0.3, 0.4) is 0 Å². The Morgan fingerprint density at radius 2 is 1.81 bits per heavy atom. The van der Waals surface area contributed by atoms with Gasteiger partial charge in [0.15, 0.2) is 0 Å². The molecule has 4 rings (SSSR count). The second kappa shape index (κ2) is 9.28. The summed E-state index contributed by atoms with van der Waals surface area (Å²) in [6.45, 7) is 0.990. The van der Waals surface area contributed by atoms with Crippen molar-refractivity contribution in [3.05, 3.63) is 89.0 Å². The molecule has 3 aromatic rings. The lowest BCUT2D eigenvalue weighted by Crippen LogP contribution is -2.31. The first-order valence-corrected chi connectivity index (χ1v) is 10.5. The van der Waals surface area contributed by atoms with E-state index < -0.39 is 17.7 Å².